The molecule has 0 aliphatic carbocycles. The first-order valence-electron chi connectivity index (χ1n) is 8.77. The van der Waals surface area contributed by atoms with Crippen LogP contribution in [0.25, 0.3) is 0 Å². The molecule has 11 heteroatoms. The molecule has 3 rings (SSSR count). The molecule has 1 atom stereocenters. The quantitative estimate of drug-likeness (QED) is 0.239. The van der Waals surface area contributed by atoms with E-state index in [1.54, 1.807) is 37.3 Å². The van der Waals surface area contributed by atoms with Crippen molar-refractivity contribution in [3.05, 3.63) is 70.3 Å². The van der Waals surface area contributed by atoms with Gasteiger partial charge in [0.2, 0.25) is 5.11 Å². The molecule has 1 aliphatic heterocycles. The van der Waals surface area contributed by atoms with Crippen molar-refractivity contribution in [2.24, 2.45) is 15.2 Å². The molecule has 0 saturated carbocycles. The summed E-state index contributed by atoms with van der Waals surface area (Å²) in [4.78, 5) is 39.4. The maximum Gasteiger partial charge on any atom is 0.275 e. The molecule has 0 radical (unpaired) electrons. The van der Waals surface area contributed by atoms with Crippen molar-refractivity contribution in [1.82, 2.24) is 10.4 Å². The zero-order chi connectivity index (χ0) is 21.7. The first-order chi connectivity index (χ1) is 14.4. The maximum absolute atomic E-state index is 12.8. The van der Waals surface area contributed by atoms with Gasteiger partial charge in [0.05, 0.1) is 22.9 Å². The third-order valence-electron chi connectivity index (χ3n) is 4.16. The highest BCUT2D eigenvalue weighted by Gasteiger charge is 2.34. The van der Waals surface area contributed by atoms with Gasteiger partial charge in [0, 0.05) is 17.7 Å². The van der Waals surface area contributed by atoms with Gasteiger partial charge in [0.15, 0.2) is 11.8 Å². The van der Waals surface area contributed by atoms with Crippen LogP contribution >= 0.6 is 12.2 Å². The molecular weight excluding hydrogens is 408 g/mol. The minimum Gasteiger partial charge on any atom is -0.293 e. The predicted molar refractivity (Wildman–Crippen MR) is 113 cm³/mol. The molecule has 152 valence electrons. The average molecular weight is 424 g/mol. The first kappa shape index (κ1) is 21.0. The second-order valence-electron chi connectivity index (χ2n) is 6.23. The first-order valence-corrected chi connectivity index (χ1v) is 9.18. The molecule has 0 saturated heterocycles. The number of thiocarbonyl (C=S) groups is 1. The summed E-state index contributed by atoms with van der Waals surface area (Å²) in [5, 5.41) is 19.7. The third-order valence-corrected chi connectivity index (χ3v) is 4.43. The number of ketones is 1. The number of nitrogens with zero attached hydrogens (tertiary/aromatic N) is 5. The van der Waals surface area contributed by atoms with Gasteiger partial charge >= 0.3 is 0 Å². The number of rotatable bonds is 7. The van der Waals surface area contributed by atoms with Crippen LogP contribution < -0.4 is 5.43 Å². The van der Waals surface area contributed by atoms with E-state index in [4.69, 9.17) is 12.2 Å². The number of Topliss-reactive ketones (excluding diaryl/α,β-unsaturated/α-hetero) is 1. The number of nitro groups is 1. The molecule has 2 aromatic carbocycles. The Bertz CT molecular complexity index is 1050. The number of azo groups is 1. The Balaban J connectivity index is 1.70. The van der Waals surface area contributed by atoms with Gasteiger partial charge in [-0.25, -0.2) is 15.4 Å². The molecule has 0 bridgehead atoms. The summed E-state index contributed by atoms with van der Waals surface area (Å²) in [6.07, 6.45) is 0. The molecule has 2 aromatic rings. The molecule has 1 heterocycles. The largest absolute Gasteiger partial charge is 0.293 e. The lowest BCUT2D eigenvalue weighted by atomic mass is 10.1. The monoisotopic (exact) mass is 424 g/mol. The van der Waals surface area contributed by atoms with Crippen LogP contribution in [0.4, 0.5) is 11.4 Å². The van der Waals surface area contributed by atoms with Gasteiger partial charge in [0.1, 0.15) is 0 Å². The van der Waals surface area contributed by atoms with Crippen LogP contribution in [0, 0.1) is 10.1 Å². The molecule has 0 spiro atoms. The lowest BCUT2D eigenvalue weighted by molar-refractivity contribution is -0.384. The minimum absolute atomic E-state index is 0.0276. The van der Waals surface area contributed by atoms with Crippen LogP contribution in [-0.4, -0.2) is 45.0 Å². The van der Waals surface area contributed by atoms with E-state index in [1.165, 1.54) is 24.3 Å². The molecule has 0 unspecified atom stereocenters. The van der Waals surface area contributed by atoms with E-state index in [-0.39, 0.29) is 23.1 Å². The molecule has 1 amide bonds. The van der Waals surface area contributed by atoms with Crippen molar-refractivity contribution < 1.29 is 14.5 Å². The lowest BCUT2D eigenvalue weighted by Crippen LogP contribution is -2.55. The summed E-state index contributed by atoms with van der Waals surface area (Å²) in [5.41, 5.74) is 3.80. The fourth-order valence-corrected chi connectivity index (χ4v) is 2.88. The number of carbonyl (C=O) groups is 2. The molecule has 1 N–H and O–H groups in total. The summed E-state index contributed by atoms with van der Waals surface area (Å²) < 4.78 is 0. The molecule has 30 heavy (non-hydrogen) atoms. The van der Waals surface area contributed by atoms with E-state index < -0.39 is 16.9 Å². The number of carbonyl (C=O) groups excluding carboxylic acids is 2. The lowest BCUT2D eigenvalue weighted by Gasteiger charge is -2.28. The fraction of sp³-hybridized carbons (Fsp3) is 0.158. The van der Waals surface area contributed by atoms with Gasteiger partial charge in [0.25, 0.3) is 11.6 Å². The highest BCUT2D eigenvalue weighted by Crippen LogP contribution is 2.20. The van der Waals surface area contributed by atoms with Gasteiger partial charge in [-0.15, -0.1) is 0 Å². The minimum atomic E-state index is -1.04. The molecule has 1 aliphatic rings. The highest BCUT2D eigenvalue weighted by atomic mass is 32.1. The zero-order valence-corrected chi connectivity index (χ0v) is 16.6. The Morgan fingerprint density at radius 3 is 2.53 bits per heavy atom. The SMILES string of the molecule is CC1=NC(=S)N(NCC(=O)c2ccccc2)C(=O)[C@H]1N=Nc1ccc([N+](=O)[O-])cc1. The predicted octanol–water partition coefficient (Wildman–Crippen LogP) is 3.02. The second kappa shape index (κ2) is 9.20. The van der Waals surface area contributed by atoms with E-state index in [9.17, 15) is 19.7 Å². The van der Waals surface area contributed by atoms with E-state index in [2.05, 4.69) is 20.6 Å². The number of non-ortho nitro benzene ring substituents is 1. The van der Waals surface area contributed by atoms with Crippen molar-refractivity contribution in [2.75, 3.05) is 6.54 Å². The van der Waals surface area contributed by atoms with Crippen molar-refractivity contribution in [3.63, 3.8) is 0 Å². The Morgan fingerprint density at radius 1 is 1.23 bits per heavy atom. The number of amides is 1. The normalized spacial score (nSPS) is 16.6. The van der Waals surface area contributed by atoms with Gasteiger partial charge in [-0.05, 0) is 31.3 Å². The van der Waals surface area contributed by atoms with E-state index in [0.717, 1.165) is 5.01 Å². The summed E-state index contributed by atoms with van der Waals surface area (Å²) >= 11 is 5.13. The van der Waals surface area contributed by atoms with E-state index in [0.29, 0.717) is 17.0 Å². The number of hydrazine groups is 1. The van der Waals surface area contributed by atoms with Crippen molar-refractivity contribution in [1.29, 1.82) is 0 Å². The van der Waals surface area contributed by atoms with Crippen molar-refractivity contribution in [2.45, 2.75) is 13.0 Å². The third kappa shape index (κ3) is 4.82. The standard InChI is InChI=1S/C19H16N6O4S/c1-12-17(23-22-14-7-9-15(10-8-14)25(28)29)18(27)24(19(30)21-12)20-11-16(26)13-5-3-2-4-6-13/h2-10,17,20H,11H2,1H3/t17-/m0/s1. The zero-order valence-electron chi connectivity index (χ0n) is 15.8. The highest BCUT2D eigenvalue weighted by molar-refractivity contribution is 7.80. The van der Waals surface area contributed by atoms with Gasteiger partial charge in [-0.1, -0.05) is 30.3 Å². The fourth-order valence-electron chi connectivity index (χ4n) is 2.58. The topological polar surface area (TPSA) is 130 Å². The van der Waals surface area contributed by atoms with Crippen LogP contribution in [0.3, 0.4) is 0 Å². The van der Waals surface area contributed by atoms with E-state index in [1.807, 2.05) is 0 Å². The van der Waals surface area contributed by atoms with Crippen molar-refractivity contribution >= 4 is 46.1 Å². The number of nitrogens with one attached hydrogen (secondary N) is 1. The van der Waals surface area contributed by atoms with Crippen molar-refractivity contribution in [3.8, 4) is 0 Å². The summed E-state index contributed by atoms with van der Waals surface area (Å²) in [6.45, 7) is 1.44. The molecular formula is C19H16N6O4S. The van der Waals surface area contributed by atoms with Gasteiger partial charge < -0.3 is 0 Å². The summed E-state index contributed by atoms with van der Waals surface area (Å²) in [5.74, 6) is -0.749. The molecule has 0 aromatic heterocycles. The smallest absolute Gasteiger partial charge is 0.275 e. The Hall–Kier alpha value is -3.70. The number of benzene rings is 2. The van der Waals surface area contributed by atoms with Crippen LogP contribution in [0.2, 0.25) is 0 Å². The number of hydrogen-bond acceptors (Lipinski definition) is 8. The van der Waals surface area contributed by atoms with E-state index >= 15 is 0 Å². The van der Waals surface area contributed by atoms with Crippen LogP contribution in [0.5, 0.6) is 0 Å². The Morgan fingerprint density at radius 2 is 1.90 bits per heavy atom. The average Bonchev–Trinajstić information content (AvgIpc) is 2.74. The van der Waals surface area contributed by atoms with Crippen LogP contribution in [-0.2, 0) is 4.79 Å². The molecule has 0 fully saturated rings. The Kier molecular flexibility index (Phi) is 6.45. The summed E-state index contributed by atoms with van der Waals surface area (Å²) in [6, 6.07) is 13.0. The van der Waals surface area contributed by atoms with Gasteiger partial charge in [-0.2, -0.15) is 10.2 Å². The van der Waals surface area contributed by atoms with Crippen LogP contribution in [0.1, 0.15) is 17.3 Å². The van der Waals surface area contributed by atoms with Crippen LogP contribution in [0.15, 0.2) is 69.8 Å². The molecule has 10 nitrogen and oxygen atoms in total. The maximum atomic E-state index is 12.8. The van der Waals surface area contributed by atoms with Gasteiger partial charge in [-0.3, -0.25) is 19.7 Å². The number of aliphatic imine (C=N–C) groups is 1. The Labute approximate surface area is 176 Å². The summed E-state index contributed by atoms with van der Waals surface area (Å²) in [7, 11) is 0. The number of hydrogen-bond donors (Lipinski definition) is 1. The second-order valence-corrected chi connectivity index (χ2v) is 6.59. The number of nitro benzene ring substituents is 1.